The highest BCUT2D eigenvalue weighted by Gasteiger charge is 2.21. The van der Waals surface area contributed by atoms with Gasteiger partial charge in [-0.25, -0.2) is 0 Å². The number of hydrogen-bond acceptors (Lipinski definition) is 3. The Balaban J connectivity index is 0.00000300. The molecule has 1 aliphatic heterocycles. The van der Waals surface area contributed by atoms with Crippen LogP contribution in [0.25, 0.3) is 0 Å². The average molecular weight is 507 g/mol. The molecule has 0 atom stereocenters. The van der Waals surface area contributed by atoms with Crippen LogP contribution < -0.4 is 10.6 Å². The van der Waals surface area contributed by atoms with E-state index < -0.39 is 0 Å². The summed E-state index contributed by atoms with van der Waals surface area (Å²) in [6, 6.07) is 14.2. The van der Waals surface area contributed by atoms with Crippen molar-refractivity contribution < 1.29 is 4.79 Å². The highest BCUT2D eigenvalue weighted by molar-refractivity contribution is 14.0. The minimum absolute atomic E-state index is 0. The van der Waals surface area contributed by atoms with Crippen LogP contribution in [0.5, 0.6) is 0 Å². The number of carbonyl (C=O) groups is 1. The summed E-state index contributed by atoms with van der Waals surface area (Å²) in [5.74, 6) is 1.54. The molecule has 29 heavy (non-hydrogen) atoms. The molecule has 1 aliphatic rings. The van der Waals surface area contributed by atoms with Crippen molar-refractivity contribution in [3.63, 3.8) is 0 Å². The number of rotatable bonds is 6. The number of aliphatic imine (C=N–C) groups is 1. The minimum Gasteiger partial charge on any atom is -0.354 e. The van der Waals surface area contributed by atoms with E-state index in [1.54, 1.807) is 24.5 Å². The monoisotopic (exact) mass is 507 g/mol. The summed E-state index contributed by atoms with van der Waals surface area (Å²) in [7, 11) is 1.81. The van der Waals surface area contributed by atoms with Gasteiger partial charge in [0.1, 0.15) is 0 Å². The first-order valence-electron chi connectivity index (χ1n) is 9.94. The fraction of sp³-hybridized carbons (Fsp3) is 0.409. The van der Waals surface area contributed by atoms with E-state index in [-0.39, 0.29) is 29.9 Å². The lowest BCUT2D eigenvalue weighted by Gasteiger charge is -2.34. The lowest BCUT2D eigenvalue weighted by atomic mass is 9.90. The molecule has 2 N–H and O–H groups in total. The number of nitrogens with zero attached hydrogens (tertiary/aromatic N) is 3. The predicted molar refractivity (Wildman–Crippen MR) is 128 cm³/mol. The van der Waals surface area contributed by atoms with Gasteiger partial charge in [0, 0.05) is 45.6 Å². The van der Waals surface area contributed by atoms with Gasteiger partial charge in [0.2, 0.25) is 0 Å². The van der Waals surface area contributed by atoms with Crippen LogP contribution in [0.1, 0.15) is 28.8 Å². The van der Waals surface area contributed by atoms with Gasteiger partial charge in [0.05, 0.1) is 5.56 Å². The van der Waals surface area contributed by atoms with E-state index in [9.17, 15) is 4.79 Å². The van der Waals surface area contributed by atoms with Crippen molar-refractivity contribution >= 4 is 35.8 Å². The minimum atomic E-state index is -0.105. The number of benzene rings is 1. The molecule has 7 heteroatoms. The van der Waals surface area contributed by atoms with Crippen LogP contribution in [0.3, 0.4) is 0 Å². The van der Waals surface area contributed by atoms with Gasteiger partial charge in [0.25, 0.3) is 5.91 Å². The summed E-state index contributed by atoms with van der Waals surface area (Å²) in [6.45, 7) is 3.21. The molecule has 0 unspecified atom stereocenters. The number of guanidine groups is 1. The third-order valence-corrected chi connectivity index (χ3v) is 5.11. The lowest BCUT2D eigenvalue weighted by Crippen LogP contribution is -2.47. The van der Waals surface area contributed by atoms with Gasteiger partial charge in [0.15, 0.2) is 5.96 Å². The smallest absolute Gasteiger partial charge is 0.252 e. The van der Waals surface area contributed by atoms with Crippen LogP contribution in [0.4, 0.5) is 0 Å². The highest BCUT2D eigenvalue weighted by Crippen LogP contribution is 2.21. The SMILES string of the molecule is CN=C(NCCNC(=O)c1cccnc1)N1CCC(Cc2ccccc2)CC1.I. The molecule has 0 radical (unpaired) electrons. The Labute approximate surface area is 190 Å². The number of amides is 1. The molecule has 0 bridgehead atoms. The Morgan fingerprint density at radius 3 is 2.48 bits per heavy atom. The van der Waals surface area contributed by atoms with Crippen molar-refractivity contribution in [2.24, 2.45) is 10.9 Å². The molecule has 1 fully saturated rings. The maximum Gasteiger partial charge on any atom is 0.252 e. The van der Waals surface area contributed by atoms with Crippen molar-refractivity contribution in [1.82, 2.24) is 20.5 Å². The second-order valence-electron chi connectivity index (χ2n) is 7.09. The van der Waals surface area contributed by atoms with Crippen molar-refractivity contribution in [3.8, 4) is 0 Å². The topological polar surface area (TPSA) is 69.6 Å². The van der Waals surface area contributed by atoms with Crippen LogP contribution >= 0.6 is 24.0 Å². The third kappa shape index (κ3) is 7.30. The number of piperidine rings is 1. The lowest BCUT2D eigenvalue weighted by molar-refractivity contribution is 0.0954. The normalized spacial score (nSPS) is 14.8. The molecule has 3 rings (SSSR count). The molecule has 0 spiro atoms. The standard InChI is InChI=1S/C22H29N5O.HI/c1-23-22(26-13-12-25-21(28)20-8-5-11-24-17-20)27-14-9-19(10-15-27)16-18-6-3-2-4-7-18;/h2-8,11,17,19H,9-10,12-16H2,1H3,(H,23,26)(H,25,28);1H. The molecule has 1 aromatic carbocycles. The zero-order chi connectivity index (χ0) is 19.6. The van der Waals surface area contributed by atoms with Crippen LogP contribution in [0.15, 0.2) is 59.9 Å². The molecule has 1 amide bonds. The van der Waals surface area contributed by atoms with E-state index in [1.165, 1.54) is 18.4 Å². The second kappa shape index (κ2) is 12.4. The van der Waals surface area contributed by atoms with E-state index in [0.717, 1.165) is 31.4 Å². The third-order valence-electron chi connectivity index (χ3n) is 5.11. The first kappa shape index (κ1) is 23.1. The number of nitrogens with one attached hydrogen (secondary N) is 2. The number of halogens is 1. The first-order chi connectivity index (χ1) is 13.8. The van der Waals surface area contributed by atoms with E-state index in [0.29, 0.717) is 18.7 Å². The number of likely N-dealkylation sites (tertiary alicyclic amines) is 1. The van der Waals surface area contributed by atoms with E-state index in [2.05, 4.69) is 55.8 Å². The zero-order valence-corrected chi connectivity index (χ0v) is 19.2. The van der Waals surface area contributed by atoms with Crippen LogP contribution in [0.2, 0.25) is 0 Å². The molecule has 0 aliphatic carbocycles. The van der Waals surface area contributed by atoms with Gasteiger partial charge in [-0.3, -0.25) is 14.8 Å². The Kier molecular flexibility index (Phi) is 9.90. The van der Waals surface area contributed by atoms with Crippen LogP contribution in [0, 0.1) is 5.92 Å². The molecule has 2 aromatic rings. The van der Waals surface area contributed by atoms with Crippen LogP contribution in [-0.4, -0.2) is 55.0 Å². The maximum atomic E-state index is 12.0. The van der Waals surface area contributed by atoms with E-state index >= 15 is 0 Å². The summed E-state index contributed by atoms with van der Waals surface area (Å²) < 4.78 is 0. The predicted octanol–water partition coefficient (Wildman–Crippen LogP) is 2.96. The van der Waals surface area contributed by atoms with Gasteiger partial charge < -0.3 is 15.5 Å². The molecule has 156 valence electrons. The molecule has 1 saturated heterocycles. The second-order valence-corrected chi connectivity index (χ2v) is 7.09. The Hall–Kier alpha value is -2.16. The van der Waals surface area contributed by atoms with E-state index in [1.807, 2.05) is 7.05 Å². The van der Waals surface area contributed by atoms with Gasteiger partial charge in [-0.05, 0) is 42.9 Å². The van der Waals surface area contributed by atoms with Crippen molar-refractivity contribution in [1.29, 1.82) is 0 Å². The zero-order valence-electron chi connectivity index (χ0n) is 16.9. The summed E-state index contributed by atoms with van der Waals surface area (Å²) in [4.78, 5) is 22.7. The highest BCUT2D eigenvalue weighted by atomic mass is 127. The Morgan fingerprint density at radius 1 is 1.10 bits per heavy atom. The molecule has 1 aromatic heterocycles. The number of aromatic nitrogens is 1. The summed E-state index contributed by atoms with van der Waals surface area (Å²) in [6.07, 6.45) is 6.73. The Morgan fingerprint density at radius 2 is 1.83 bits per heavy atom. The van der Waals surface area contributed by atoms with Crippen LogP contribution in [-0.2, 0) is 6.42 Å². The fourth-order valence-electron chi connectivity index (χ4n) is 3.58. The molecule has 2 heterocycles. The first-order valence-corrected chi connectivity index (χ1v) is 9.94. The quantitative estimate of drug-likeness (QED) is 0.273. The molecule has 0 saturated carbocycles. The fourth-order valence-corrected chi connectivity index (χ4v) is 3.58. The maximum absolute atomic E-state index is 12.0. The van der Waals surface area contributed by atoms with Crippen molar-refractivity contribution in [2.45, 2.75) is 19.3 Å². The molecule has 6 nitrogen and oxygen atoms in total. The van der Waals surface area contributed by atoms with Gasteiger partial charge >= 0.3 is 0 Å². The van der Waals surface area contributed by atoms with Gasteiger partial charge in [-0.15, -0.1) is 24.0 Å². The van der Waals surface area contributed by atoms with Crippen molar-refractivity contribution in [2.75, 3.05) is 33.2 Å². The summed E-state index contributed by atoms with van der Waals surface area (Å²) in [5.41, 5.74) is 2.00. The van der Waals surface area contributed by atoms with E-state index in [4.69, 9.17) is 0 Å². The molecular formula is C22H30IN5O. The number of hydrogen-bond donors (Lipinski definition) is 2. The van der Waals surface area contributed by atoms with Crippen molar-refractivity contribution in [3.05, 3.63) is 66.0 Å². The van der Waals surface area contributed by atoms with Gasteiger partial charge in [-0.2, -0.15) is 0 Å². The average Bonchev–Trinajstić information content (AvgIpc) is 2.76. The summed E-state index contributed by atoms with van der Waals surface area (Å²) >= 11 is 0. The number of pyridine rings is 1. The van der Waals surface area contributed by atoms with Gasteiger partial charge in [-0.1, -0.05) is 30.3 Å². The number of carbonyl (C=O) groups excluding carboxylic acids is 1. The molecular weight excluding hydrogens is 477 g/mol. The Bertz CT molecular complexity index is 761. The largest absolute Gasteiger partial charge is 0.354 e. The summed E-state index contributed by atoms with van der Waals surface area (Å²) in [5, 5.41) is 6.26.